The van der Waals surface area contributed by atoms with Gasteiger partial charge < -0.3 is 58.2 Å². The SMILES string of the molecule is CNCCC(=O)N[C@@H](CCCCN)C(=O)N(C)[C@@H]1C(=O)N[C@@H](C)C(=O)N[C@H](C(=O)NC(C)C#N)Cc2ccc(OCCN)c(c2)-c2cc1ccc2OCCN. The van der Waals surface area contributed by atoms with Gasteiger partial charge >= 0.3 is 0 Å². The molecule has 5 amide bonds. The molecular formula is C38H56N10O7. The lowest BCUT2D eigenvalue weighted by Gasteiger charge is -2.33. The zero-order chi connectivity index (χ0) is 40.5. The molecule has 0 aromatic heterocycles. The number of rotatable bonds is 18. The normalized spacial score (nSPS) is 18.0. The van der Waals surface area contributed by atoms with Crippen molar-refractivity contribution in [3.05, 3.63) is 47.5 Å². The molecule has 17 nitrogen and oxygen atoms in total. The molecule has 4 bridgehead atoms. The summed E-state index contributed by atoms with van der Waals surface area (Å²) in [7, 11) is 3.17. The Hall–Kier alpha value is -5.28. The topological polar surface area (TPSA) is 269 Å². The summed E-state index contributed by atoms with van der Waals surface area (Å²) in [5.41, 5.74) is 19.3. The molecule has 3 rings (SSSR count). The number of carbonyl (C=O) groups is 5. The van der Waals surface area contributed by atoms with Gasteiger partial charge in [0, 0.05) is 50.7 Å². The molecule has 0 aliphatic carbocycles. The summed E-state index contributed by atoms with van der Waals surface area (Å²) in [4.78, 5) is 69.9. The van der Waals surface area contributed by atoms with E-state index in [9.17, 15) is 29.2 Å². The third-order valence-corrected chi connectivity index (χ3v) is 8.95. The quantitative estimate of drug-likeness (QED) is 0.0879. The Morgan fingerprint density at radius 1 is 0.945 bits per heavy atom. The van der Waals surface area contributed by atoms with Crippen molar-refractivity contribution < 1.29 is 33.4 Å². The standard InChI is InChI=1S/C38H56N10O7/c1-23(22-42)44-36(51)30-20-25-8-10-31(54-17-14-40)27(19-25)28-21-26(9-11-32(28)55-18-15-41)34(37(52)45-24(2)35(50)47-30)48(4)38(53)29(7-5-6-13-39)46-33(49)12-16-43-3/h8-11,19,21,23-24,29-30,34,43H,5-7,12-18,20,39-41H2,1-4H3,(H,44,51)(H,45,52)(H,46,49)(H,47,50)/t23?,24-,29-,30-,34-/m0/s1. The highest BCUT2D eigenvalue weighted by Gasteiger charge is 2.36. The van der Waals surface area contributed by atoms with Gasteiger partial charge in [0.2, 0.25) is 29.5 Å². The minimum Gasteiger partial charge on any atom is -0.492 e. The molecular weight excluding hydrogens is 708 g/mol. The number of ether oxygens (including phenoxy) is 2. The summed E-state index contributed by atoms with van der Waals surface area (Å²) in [6.45, 7) is 4.52. The summed E-state index contributed by atoms with van der Waals surface area (Å²) >= 11 is 0. The molecule has 17 heteroatoms. The zero-order valence-corrected chi connectivity index (χ0v) is 32.1. The van der Waals surface area contributed by atoms with Gasteiger partial charge in [-0.15, -0.1) is 0 Å². The lowest BCUT2D eigenvalue weighted by molar-refractivity contribution is -0.143. The molecule has 11 N–H and O–H groups in total. The maximum atomic E-state index is 14.4. The molecule has 1 aliphatic heterocycles. The average molecular weight is 765 g/mol. The zero-order valence-electron chi connectivity index (χ0n) is 32.1. The molecule has 1 aliphatic rings. The largest absolute Gasteiger partial charge is 0.492 e. The first-order valence-corrected chi connectivity index (χ1v) is 18.5. The van der Waals surface area contributed by atoms with Crippen molar-refractivity contribution in [2.45, 2.75) is 76.2 Å². The van der Waals surface area contributed by atoms with Crippen LogP contribution in [-0.4, -0.2) is 112 Å². The van der Waals surface area contributed by atoms with Gasteiger partial charge in [-0.1, -0.05) is 12.1 Å². The number of hydrogen-bond donors (Lipinski definition) is 8. The van der Waals surface area contributed by atoms with Gasteiger partial charge in [0.15, 0.2) is 0 Å². The smallest absolute Gasteiger partial charge is 0.248 e. The monoisotopic (exact) mass is 764 g/mol. The molecule has 2 aromatic carbocycles. The number of amides is 5. The first-order valence-electron chi connectivity index (χ1n) is 18.5. The fraction of sp³-hybridized carbons (Fsp3) is 0.526. The Kier molecular flexibility index (Phi) is 17.8. The molecule has 1 heterocycles. The Bertz CT molecular complexity index is 1680. The maximum Gasteiger partial charge on any atom is 0.248 e. The van der Waals surface area contributed by atoms with Gasteiger partial charge in [-0.3, -0.25) is 24.0 Å². The van der Waals surface area contributed by atoms with Gasteiger partial charge in [-0.2, -0.15) is 5.26 Å². The maximum absolute atomic E-state index is 14.4. The molecule has 0 radical (unpaired) electrons. The molecule has 300 valence electrons. The summed E-state index contributed by atoms with van der Waals surface area (Å²) in [6, 6.07) is 6.78. The van der Waals surface area contributed by atoms with Crippen molar-refractivity contribution in [2.75, 3.05) is 53.5 Å². The van der Waals surface area contributed by atoms with Crippen LogP contribution in [0.15, 0.2) is 36.4 Å². The number of hydrogen-bond acceptors (Lipinski definition) is 12. The average Bonchev–Trinajstić information content (AvgIpc) is 3.17. The number of carbonyl (C=O) groups excluding carboxylic acids is 5. The highest BCUT2D eigenvalue weighted by molar-refractivity contribution is 5.96. The van der Waals surface area contributed by atoms with Crippen LogP contribution in [0.5, 0.6) is 11.5 Å². The van der Waals surface area contributed by atoms with Crippen molar-refractivity contribution >= 4 is 29.5 Å². The van der Waals surface area contributed by atoms with Crippen LogP contribution in [0, 0.1) is 11.3 Å². The Morgan fingerprint density at radius 2 is 1.60 bits per heavy atom. The van der Waals surface area contributed by atoms with E-state index >= 15 is 0 Å². The Morgan fingerprint density at radius 3 is 2.22 bits per heavy atom. The molecule has 0 spiro atoms. The highest BCUT2D eigenvalue weighted by Crippen LogP contribution is 2.40. The predicted molar refractivity (Wildman–Crippen MR) is 206 cm³/mol. The number of nitriles is 1. The molecule has 0 fully saturated rings. The van der Waals surface area contributed by atoms with E-state index in [2.05, 4.69) is 26.6 Å². The van der Waals surface area contributed by atoms with Crippen molar-refractivity contribution in [1.82, 2.24) is 31.5 Å². The van der Waals surface area contributed by atoms with E-state index in [-0.39, 0.29) is 51.5 Å². The third kappa shape index (κ3) is 12.6. The van der Waals surface area contributed by atoms with Crippen LogP contribution in [0.2, 0.25) is 0 Å². The molecule has 2 aromatic rings. The second-order valence-electron chi connectivity index (χ2n) is 13.3. The molecule has 0 saturated heterocycles. The van der Waals surface area contributed by atoms with Gasteiger partial charge in [0.05, 0.1) is 6.07 Å². The van der Waals surface area contributed by atoms with Gasteiger partial charge in [0.25, 0.3) is 0 Å². The predicted octanol–water partition coefficient (Wildman–Crippen LogP) is -0.675. The lowest BCUT2D eigenvalue weighted by atomic mass is 9.93. The van der Waals surface area contributed by atoms with E-state index in [1.54, 1.807) is 43.4 Å². The number of benzene rings is 2. The fourth-order valence-corrected chi connectivity index (χ4v) is 6.06. The summed E-state index contributed by atoms with van der Waals surface area (Å²) < 4.78 is 12.1. The van der Waals surface area contributed by atoms with E-state index in [0.29, 0.717) is 59.7 Å². The number of fused-ring (bicyclic) bond motifs is 5. The molecule has 55 heavy (non-hydrogen) atoms. The van der Waals surface area contributed by atoms with Crippen molar-refractivity contribution in [2.24, 2.45) is 17.2 Å². The van der Waals surface area contributed by atoms with E-state index in [0.717, 1.165) is 0 Å². The lowest BCUT2D eigenvalue weighted by Crippen LogP contribution is -2.56. The molecule has 0 saturated carbocycles. The second kappa shape index (κ2) is 22.2. The molecule has 5 atom stereocenters. The second-order valence-corrected chi connectivity index (χ2v) is 13.3. The van der Waals surface area contributed by atoms with Crippen LogP contribution in [0.4, 0.5) is 0 Å². The number of nitrogens with zero attached hydrogens (tertiary/aromatic N) is 2. The number of nitrogens with two attached hydrogens (primary N) is 3. The molecule has 1 unspecified atom stereocenters. The van der Waals surface area contributed by atoms with Crippen LogP contribution < -0.4 is 53.3 Å². The summed E-state index contributed by atoms with van der Waals surface area (Å²) in [5.74, 6) is -2.03. The van der Waals surface area contributed by atoms with Gasteiger partial charge in [0.1, 0.15) is 54.9 Å². The minimum atomic E-state index is -1.31. The van der Waals surface area contributed by atoms with Crippen LogP contribution in [0.3, 0.4) is 0 Å². The van der Waals surface area contributed by atoms with Crippen molar-refractivity contribution in [3.63, 3.8) is 0 Å². The van der Waals surface area contributed by atoms with E-state index in [1.165, 1.54) is 25.8 Å². The number of unbranched alkanes of at least 4 members (excludes halogenated alkanes) is 1. The van der Waals surface area contributed by atoms with E-state index < -0.39 is 53.8 Å². The fourth-order valence-electron chi connectivity index (χ4n) is 6.06. The third-order valence-electron chi connectivity index (χ3n) is 8.95. The van der Waals surface area contributed by atoms with Crippen LogP contribution in [0.1, 0.15) is 56.7 Å². The van der Waals surface area contributed by atoms with Gasteiger partial charge in [-0.25, -0.2) is 0 Å². The Balaban J connectivity index is 2.27. The summed E-state index contributed by atoms with van der Waals surface area (Å²) in [5, 5.41) is 23.1. The highest BCUT2D eigenvalue weighted by atomic mass is 16.5. The van der Waals surface area contributed by atoms with Gasteiger partial charge in [-0.05, 0) is 82.1 Å². The minimum absolute atomic E-state index is 0.0185. The first-order chi connectivity index (χ1) is 26.4. The first kappa shape index (κ1) is 44.1. The number of likely N-dealkylation sites (N-methyl/N-ethyl adjacent to an activating group) is 1. The van der Waals surface area contributed by atoms with Crippen LogP contribution in [0.25, 0.3) is 11.1 Å². The van der Waals surface area contributed by atoms with Crippen LogP contribution >= 0.6 is 0 Å². The van der Waals surface area contributed by atoms with E-state index in [4.69, 9.17) is 26.7 Å². The van der Waals surface area contributed by atoms with Crippen LogP contribution in [-0.2, 0) is 30.4 Å². The van der Waals surface area contributed by atoms with E-state index in [1.807, 2.05) is 6.07 Å². The van der Waals surface area contributed by atoms with Crippen molar-refractivity contribution in [3.8, 4) is 28.7 Å². The Labute approximate surface area is 322 Å². The van der Waals surface area contributed by atoms with Crippen molar-refractivity contribution in [1.29, 1.82) is 5.26 Å². The number of nitrogens with one attached hydrogen (secondary N) is 5. The summed E-state index contributed by atoms with van der Waals surface area (Å²) in [6.07, 6.45) is 1.59.